The number of nitrogens with zero attached hydrogens (tertiary/aromatic N) is 3. The molecule has 1 saturated heterocycles. The van der Waals surface area contributed by atoms with E-state index in [-0.39, 0.29) is 5.91 Å². The van der Waals surface area contributed by atoms with Gasteiger partial charge in [0.1, 0.15) is 5.69 Å². The Hall–Kier alpha value is -2.67. The number of piperidine rings is 1. The lowest BCUT2D eigenvalue weighted by Gasteiger charge is -2.34. The second-order valence-electron chi connectivity index (χ2n) is 7.40. The quantitative estimate of drug-likeness (QED) is 0.852. The predicted octanol–water partition coefficient (Wildman–Crippen LogP) is 1.93. The first kappa shape index (κ1) is 18.7. The number of fused-ring (bicyclic) bond motifs is 1. The number of para-hydroxylation sites is 1. The van der Waals surface area contributed by atoms with Gasteiger partial charge < -0.3 is 19.7 Å². The molecule has 0 unspecified atom stereocenters. The van der Waals surface area contributed by atoms with Crippen LogP contribution in [0.25, 0.3) is 0 Å². The van der Waals surface area contributed by atoms with E-state index in [1.807, 2.05) is 17.0 Å². The zero-order valence-corrected chi connectivity index (χ0v) is 16.1. The number of methoxy groups -OCH3 is 1. The third-order valence-electron chi connectivity index (χ3n) is 5.51. The van der Waals surface area contributed by atoms with Crippen molar-refractivity contribution in [2.24, 2.45) is 5.92 Å². The minimum atomic E-state index is -0.0298. The summed E-state index contributed by atoms with van der Waals surface area (Å²) in [6, 6.07) is 6.49. The molecule has 0 saturated carbocycles. The molecule has 2 aliphatic rings. The third-order valence-corrected chi connectivity index (χ3v) is 5.51. The molecule has 4 rings (SSSR count). The molecular weight excluding hydrogens is 356 g/mol. The summed E-state index contributed by atoms with van der Waals surface area (Å²) >= 11 is 0. The van der Waals surface area contributed by atoms with E-state index in [4.69, 9.17) is 9.47 Å². The number of amides is 1. The maximum atomic E-state index is 12.5. The van der Waals surface area contributed by atoms with E-state index in [0.29, 0.717) is 24.3 Å². The minimum absolute atomic E-state index is 0.0298. The van der Waals surface area contributed by atoms with Gasteiger partial charge >= 0.3 is 0 Å². The number of ether oxygens (including phenoxy) is 2. The van der Waals surface area contributed by atoms with Crippen LogP contribution in [-0.4, -0.2) is 60.2 Å². The van der Waals surface area contributed by atoms with Crippen molar-refractivity contribution < 1.29 is 14.3 Å². The number of hydrogen-bond donors (Lipinski definition) is 1. The van der Waals surface area contributed by atoms with Gasteiger partial charge in [-0.2, -0.15) is 0 Å². The Morgan fingerprint density at radius 2 is 2.18 bits per heavy atom. The molecule has 2 aromatic rings. The van der Waals surface area contributed by atoms with E-state index < -0.39 is 0 Å². The molecule has 28 heavy (non-hydrogen) atoms. The molecule has 148 valence electrons. The molecule has 1 aromatic carbocycles. The van der Waals surface area contributed by atoms with Gasteiger partial charge in [0.15, 0.2) is 11.5 Å². The lowest BCUT2D eigenvalue weighted by Crippen LogP contribution is -2.46. The molecule has 7 nitrogen and oxygen atoms in total. The molecule has 1 atom stereocenters. The Morgan fingerprint density at radius 3 is 2.93 bits per heavy atom. The van der Waals surface area contributed by atoms with E-state index in [2.05, 4.69) is 21.4 Å². The molecule has 0 bridgehead atoms. The van der Waals surface area contributed by atoms with E-state index >= 15 is 0 Å². The second-order valence-corrected chi connectivity index (χ2v) is 7.40. The van der Waals surface area contributed by atoms with Crippen molar-refractivity contribution in [2.45, 2.75) is 25.3 Å². The largest absolute Gasteiger partial charge is 0.493 e. The van der Waals surface area contributed by atoms with Crippen LogP contribution in [0.3, 0.4) is 0 Å². The summed E-state index contributed by atoms with van der Waals surface area (Å²) in [7, 11) is 1.67. The van der Waals surface area contributed by atoms with Crippen LogP contribution in [0.15, 0.2) is 36.8 Å². The molecule has 7 heteroatoms. The fraction of sp³-hybridized carbons (Fsp3) is 0.476. The zero-order chi connectivity index (χ0) is 19.3. The molecule has 2 aliphatic heterocycles. The molecule has 1 aromatic heterocycles. The minimum Gasteiger partial charge on any atom is -0.493 e. The van der Waals surface area contributed by atoms with Gasteiger partial charge in [0.05, 0.1) is 19.9 Å². The van der Waals surface area contributed by atoms with Gasteiger partial charge in [-0.3, -0.25) is 9.78 Å². The Bertz CT molecular complexity index is 807. The van der Waals surface area contributed by atoms with Crippen LogP contribution >= 0.6 is 0 Å². The third kappa shape index (κ3) is 4.09. The highest BCUT2D eigenvalue weighted by Crippen LogP contribution is 2.35. The summed E-state index contributed by atoms with van der Waals surface area (Å²) < 4.78 is 11.3. The number of hydrogen-bond acceptors (Lipinski definition) is 6. The highest BCUT2D eigenvalue weighted by atomic mass is 16.5. The van der Waals surface area contributed by atoms with E-state index in [1.54, 1.807) is 19.5 Å². The highest BCUT2D eigenvalue weighted by molar-refractivity contribution is 5.92. The molecule has 3 heterocycles. The molecule has 1 amide bonds. The maximum absolute atomic E-state index is 12.5. The summed E-state index contributed by atoms with van der Waals surface area (Å²) in [4.78, 5) is 22.4. The number of aromatic nitrogens is 2. The van der Waals surface area contributed by atoms with Gasteiger partial charge in [-0.15, -0.1) is 0 Å². The second kappa shape index (κ2) is 8.56. The Labute approximate surface area is 165 Å². The number of rotatable bonds is 5. The van der Waals surface area contributed by atoms with Crippen LogP contribution in [0.5, 0.6) is 11.5 Å². The average molecular weight is 382 g/mol. The number of benzene rings is 1. The van der Waals surface area contributed by atoms with E-state index in [1.165, 1.54) is 11.8 Å². The van der Waals surface area contributed by atoms with Gasteiger partial charge in [0, 0.05) is 44.0 Å². The lowest BCUT2D eigenvalue weighted by atomic mass is 9.95. The topological polar surface area (TPSA) is 76.6 Å². The van der Waals surface area contributed by atoms with Crippen molar-refractivity contribution in [3.63, 3.8) is 0 Å². The van der Waals surface area contributed by atoms with Gasteiger partial charge in [0.2, 0.25) is 0 Å². The van der Waals surface area contributed by atoms with Crippen molar-refractivity contribution in [2.75, 3.05) is 33.4 Å². The number of nitrogens with one attached hydrogen (secondary N) is 1. The van der Waals surface area contributed by atoms with Crippen LogP contribution < -0.4 is 14.8 Å². The van der Waals surface area contributed by atoms with Gasteiger partial charge in [-0.1, -0.05) is 12.1 Å². The summed E-state index contributed by atoms with van der Waals surface area (Å²) in [6.07, 6.45) is 7.55. The predicted molar refractivity (Wildman–Crippen MR) is 105 cm³/mol. The van der Waals surface area contributed by atoms with Crippen molar-refractivity contribution >= 4 is 5.91 Å². The van der Waals surface area contributed by atoms with Crippen molar-refractivity contribution in [1.82, 2.24) is 20.2 Å². The summed E-state index contributed by atoms with van der Waals surface area (Å²) in [6.45, 7) is 3.10. The van der Waals surface area contributed by atoms with Crippen molar-refractivity contribution in [3.8, 4) is 11.5 Å². The molecule has 1 N–H and O–H groups in total. The maximum Gasteiger partial charge on any atom is 0.274 e. The SMILES string of the molecule is COc1cccc2c1OC[C@@H](CNC1CCN(C(=O)c3cnccn3)CC1)C2. The number of carbonyl (C=O) groups excluding carboxylic acids is 1. The molecule has 1 fully saturated rings. The smallest absolute Gasteiger partial charge is 0.274 e. The van der Waals surface area contributed by atoms with E-state index in [9.17, 15) is 4.79 Å². The Balaban J connectivity index is 1.24. The van der Waals surface area contributed by atoms with Crippen LogP contribution in [0, 0.1) is 5.92 Å². The summed E-state index contributed by atoms with van der Waals surface area (Å²) in [5, 5.41) is 3.67. The Kier molecular flexibility index (Phi) is 5.71. The standard InChI is InChI=1S/C21H26N4O3/c1-27-19-4-2-3-16-11-15(14-28-20(16)19)12-24-17-5-9-25(10-6-17)21(26)18-13-22-7-8-23-18/h2-4,7-8,13,15,17,24H,5-6,9-12,14H2,1H3/t15-/m1/s1. The van der Waals surface area contributed by atoms with Crippen molar-refractivity contribution in [3.05, 3.63) is 48.0 Å². The van der Waals surface area contributed by atoms with Gasteiger partial charge in [-0.05, 0) is 30.9 Å². The zero-order valence-electron chi connectivity index (χ0n) is 16.1. The number of carbonyl (C=O) groups is 1. The van der Waals surface area contributed by atoms with Crippen molar-refractivity contribution in [1.29, 1.82) is 0 Å². The molecule has 0 spiro atoms. The summed E-state index contributed by atoms with van der Waals surface area (Å²) in [5.74, 6) is 2.11. The number of likely N-dealkylation sites (tertiary alicyclic amines) is 1. The van der Waals surface area contributed by atoms with Crippen LogP contribution in [0.1, 0.15) is 28.9 Å². The van der Waals surface area contributed by atoms with Gasteiger partial charge in [-0.25, -0.2) is 4.98 Å². The molecule has 0 aliphatic carbocycles. The first-order chi connectivity index (χ1) is 13.7. The normalized spacial score (nSPS) is 19.6. The lowest BCUT2D eigenvalue weighted by molar-refractivity contribution is 0.0696. The van der Waals surface area contributed by atoms with Gasteiger partial charge in [0.25, 0.3) is 5.91 Å². The fourth-order valence-electron chi connectivity index (χ4n) is 3.94. The van der Waals surface area contributed by atoms with Crippen LogP contribution in [0.2, 0.25) is 0 Å². The molecular formula is C21H26N4O3. The average Bonchev–Trinajstić information content (AvgIpc) is 2.77. The first-order valence-corrected chi connectivity index (χ1v) is 9.82. The highest BCUT2D eigenvalue weighted by Gasteiger charge is 2.26. The molecule has 0 radical (unpaired) electrons. The fourth-order valence-corrected chi connectivity index (χ4v) is 3.94. The monoisotopic (exact) mass is 382 g/mol. The Morgan fingerprint density at radius 1 is 1.32 bits per heavy atom. The first-order valence-electron chi connectivity index (χ1n) is 9.82. The van der Waals surface area contributed by atoms with E-state index in [0.717, 1.165) is 50.4 Å². The van der Waals surface area contributed by atoms with Crippen LogP contribution in [-0.2, 0) is 6.42 Å². The summed E-state index contributed by atoms with van der Waals surface area (Å²) in [5.41, 5.74) is 1.63. The van der Waals surface area contributed by atoms with Crippen LogP contribution in [0.4, 0.5) is 0 Å².